The third-order valence-electron chi connectivity index (χ3n) is 4.23. The molecule has 0 aliphatic carbocycles. The smallest absolute Gasteiger partial charge is 0.256 e. The van der Waals surface area contributed by atoms with Crippen LogP contribution in [0.1, 0.15) is 5.56 Å². The molecule has 0 atom stereocenters. The van der Waals surface area contributed by atoms with Crippen LogP contribution in [0.25, 0.3) is 33.4 Å². The van der Waals surface area contributed by atoms with Crippen molar-refractivity contribution in [1.82, 2.24) is 9.97 Å². The molecule has 0 saturated carbocycles. The van der Waals surface area contributed by atoms with Gasteiger partial charge in [0.2, 0.25) is 0 Å². The van der Waals surface area contributed by atoms with Gasteiger partial charge in [0.25, 0.3) is 0 Å². The van der Waals surface area contributed by atoms with Gasteiger partial charge in [0.05, 0.1) is 22.5 Å². The lowest BCUT2D eigenvalue weighted by atomic mass is 10.0. The van der Waals surface area contributed by atoms with E-state index in [1.807, 2.05) is 0 Å². The number of benzene rings is 2. The van der Waals surface area contributed by atoms with Gasteiger partial charge >= 0.3 is 6.18 Å². The fraction of sp³-hybridized carbons (Fsp3) is 0.0476. The van der Waals surface area contributed by atoms with Gasteiger partial charge in [0.15, 0.2) is 0 Å². The van der Waals surface area contributed by atoms with Crippen molar-refractivity contribution in [2.45, 2.75) is 6.18 Å². The molecule has 2 heterocycles. The van der Waals surface area contributed by atoms with Crippen LogP contribution in [-0.4, -0.2) is 9.97 Å². The van der Waals surface area contributed by atoms with E-state index in [4.69, 9.17) is 0 Å². The van der Waals surface area contributed by atoms with E-state index in [2.05, 4.69) is 9.97 Å². The summed E-state index contributed by atoms with van der Waals surface area (Å²) in [7, 11) is 0. The molecule has 0 aliphatic rings. The molecule has 0 amide bonds. The molecule has 0 saturated heterocycles. The van der Waals surface area contributed by atoms with Crippen LogP contribution in [0.5, 0.6) is 0 Å². The summed E-state index contributed by atoms with van der Waals surface area (Å²) in [5.41, 5.74) is 0.609. The van der Waals surface area contributed by atoms with Gasteiger partial charge in [-0.15, -0.1) is 0 Å². The maximum Gasteiger partial charge on any atom is 0.416 e. The molecule has 0 N–H and O–H groups in total. The number of halogens is 4. The number of fused-ring (bicyclic) bond motifs is 1. The number of aromatic nitrogens is 2. The molecule has 2 aromatic heterocycles. The Labute approximate surface area is 152 Å². The number of hydrogen-bond donors (Lipinski definition) is 0. The third kappa shape index (κ3) is 3.26. The summed E-state index contributed by atoms with van der Waals surface area (Å²) >= 11 is 0. The normalized spacial score (nSPS) is 11.7. The molecule has 0 fully saturated rings. The van der Waals surface area contributed by atoms with Crippen LogP contribution < -0.4 is 0 Å². The quantitative estimate of drug-likeness (QED) is 0.398. The second kappa shape index (κ2) is 6.46. The number of nitrogens with zero attached hydrogens (tertiary/aromatic N) is 2. The van der Waals surface area contributed by atoms with Crippen molar-refractivity contribution in [2.75, 3.05) is 0 Å². The molecule has 6 heteroatoms. The van der Waals surface area contributed by atoms with Crippen LogP contribution in [0.2, 0.25) is 0 Å². The first kappa shape index (κ1) is 17.1. The highest BCUT2D eigenvalue weighted by molar-refractivity contribution is 5.83. The van der Waals surface area contributed by atoms with Crippen LogP contribution in [-0.2, 0) is 6.18 Å². The van der Waals surface area contributed by atoms with Crippen molar-refractivity contribution in [2.24, 2.45) is 0 Å². The average molecular weight is 368 g/mol. The zero-order chi connectivity index (χ0) is 19.0. The van der Waals surface area contributed by atoms with E-state index < -0.39 is 17.6 Å². The number of alkyl halides is 3. The Morgan fingerprint density at radius 1 is 0.741 bits per heavy atom. The van der Waals surface area contributed by atoms with Crippen molar-refractivity contribution in [3.05, 3.63) is 84.3 Å². The first-order valence-corrected chi connectivity index (χ1v) is 8.12. The summed E-state index contributed by atoms with van der Waals surface area (Å²) in [4.78, 5) is 8.40. The van der Waals surface area contributed by atoms with Gasteiger partial charge in [-0.3, -0.25) is 4.98 Å². The minimum atomic E-state index is -4.46. The summed E-state index contributed by atoms with van der Waals surface area (Å²) in [5, 5.41) is 0.549. The Balaban J connectivity index is 1.85. The van der Waals surface area contributed by atoms with E-state index in [1.165, 1.54) is 6.07 Å². The van der Waals surface area contributed by atoms with E-state index in [0.717, 1.165) is 12.1 Å². The standard InChI is InChI=1S/C21H12F4N2/c22-20-15(17-6-1-2-11-26-17)4-3-5-16(20)18-10-8-13-7-9-14(21(23,24)25)12-19(13)27-18/h1-12H. The fourth-order valence-corrected chi connectivity index (χ4v) is 2.89. The zero-order valence-corrected chi connectivity index (χ0v) is 13.8. The highest BCUT2D eigenvalue weighted by atomic mass is 19.4. The molecular weight excluding hydrogens is 356 g/mol. The van der Waals surface area contributed by atoms with Crippen LogP contribution in [0, 0.1) is 5.82 Å². The Morgan fingerprint density at radius 3 is 2.19 bits per heavy atom. The maximum absolute atomic E-state index is 15.1. The van der Waals surface area contributed by atoms with Crippen molar-refractivity contribution in [3.8, 4) is 22.5 Å². The van der Waals surface area contributed by atoms with Gasteiger partial charge in [0.1, 0.15) is 5.82 Å². The van der Waals surface area contributed by atoms with E-state index in [0.29, 0.717) is 16.6 Å². The third-order valence-corrected chi connectivity index (χ3v) is 4.23. The van der Waals surface area contributed by atoms with Crippen molar-refractivity contribution in [1.29, 1.82) is 0 Å². The van der Waals surface area contributed by atoms with E-state index in [-0.39, 0.29) is 16.8 Å². The van der Waals surface area contributed by atoms with Crippen LogP contribution in [0.4, 0.5) is 17.6 Å². The van der Waals surface area contributed by atoms with Crippen LogP contribution in [0.3, 0.4) is 0 Å². The molecule has 0 bridgehead atoms. The minimum absolute atomic E-state index is 0.157. The first-order valence-electron chi connectivity index (χ1n) is 8.12. The number of pyridine rings is 2. The molecule has 0 unspecified atom stereocenters. The molecule has 134 valence electrons. The van der Waals surface area contributed by atoms with E-state index >= 15 is 4.39 Å². The van der Waals surface area contributed by atoms with Crippen LogP contribution >= 0.6 is 0 Å². The number of rotatable bonds is 2. The topological polar surface area (TPSA) is 25.8 Å². The molecule has 0 radical (unpaired) electrons. The van der Waals surface area contributed by atoms with Crippen molar-refractivity contribution < 1.29 is 17.6 Å². The van der Waals surface area contributed by atoms with E-state index in [9.17, 15) is 13.2 Å². The summed E-state index contributed by atoms with van der Waals surface area (Å²) in [6.07, 6.45) is -2.90. The molecule has 0 aliphatic heterocycles. The minimum Gasteiger partial charge on any atom is -0.256 e. The highest BCUT2D eigenvalue weighted by Gasteiger charge is 2.30. The van der Waals surface area contributed by atoms with Gasteiger partial charge < -0.3 is 0 Å². The Morgan fingerprint density at radius 2 is 1.48 bits per heavy atom. The molecule has 4 aromatic rings. The number of hydrogen-bond acceptors (Lipinski definition) is 2. The average Bonchev–Trinajstić information content (AvgIpc) is 2.67. The lowest BCUT2D eigenvalue weighted by Gasteiger charge is -2.10. The molecular formula is C21H12F4N2. The van der Waals surface area contributed by atoms with Crippen LogP contribution in [0.15, 0.2) is 72.9 Å². The summed E-state index contributed by atoms with van der Waals surface area (Å²) < 4.78 is 53.9. The zero-order valence-electron chi connectivity index (χ0n) is 13.8. The monoisotopic (exact) mass is 368 g/mol. The van der Waals surface area contributed by atoms with Gasteiger partial charge in [-0.1, -0.05) is 24.3 Å². The Kier molecular flexibility index (Phi) is 4.11. The van der Waals surface area contributed by atoms with Gasteiger partial charge in [-0.25, -0.2) is 9.37 Å². The molecule has 2 nitrogen and oxygen atoms in total. The van der Waals surface area contributed by atoms with E-state index in [1.54, 1.807) is 54.7 Å². The Bertz CT molecular complexity index is 1120. The maximum atomic E-state index is 15.1. The SMILES string of the molecule is Fc1c(-c2ccccn2)cccc1-c1ccc2ccc(C(F)(F)F)cc2n1. The van der Waals surface area contributed by atoms with Gasteiger partial charge in [0, 0.05) is 22.7 Å². The first-order chi connectivity index (χ1) is 12.9. The predicted octanol–water partition coefficient (Wildman–Crippen LogP) is 6.12. The highest BCUT2D eigenvalue weighted by Crippen LogP contribution is 2.33. The summed E-state index contributed by atoms with van der Waals surface area (Å²) in [5.74, 6) is -0.518. The lowest BCUT2D eigenvalue weighted by Crippen LogP contribution is -2.04. The molecule has 0 spiro atoms. The van der Waals surface area contributed by atoms with Gasteiger partial charge in [-0.05, 0) is 42.5 Å². The summed E-state index contributed by atoms with van der Waals surface area (Å²) in [6.45, 7) is 0. The molecule has 2 aromatic carbocycles. The lowest BCUT2D eigenvalue weighted by molar-refractivity contribution is -0.137. The van der Waals surface area contributed by atoms with Crippen molar-refractivity contribution >= 4 is 10.9 Å². The summed E-state index contributed by atoms with van der Waals surface area (Å²) in [6, 6.07) is 16.5. The van der Waals surface area contributed by atoms with Gasteiger partial charge in [-0.2, -0.15) is 13.2 Å². The Hall–Kier alpha value is -3.28. The van der Waals surface area contributed by atoms with Crippen molar-refractivity contribution in [3.63, 3.8) is 0 Å². The molecule has 27 heavy (non-hydrogen) atoms. The second-order valence-electron chi connectivity index (χ2n) is 5.98. The second-order valence-corrected chi connectivity index (χ2v) is 5.98. The fourth-order valence-electron chi connectivity index (χ4n) is 2.89. The molecule has 4 rings (SSSR count). The predicted molar refractivity (Wildman–Crippen MR) is 95.4 cm³/mol. The largest absolute Gasteiger partial charge is 0.416 e.